The maximum absolute atomic E-state index is 11.7. The number of aryl methyl sites for hydroxylation is 1. The van der Waals surface area contributed by atoms with E-state index in [0.717, 1.165) is 11.4 Å². The van der Waals surface area contributed by atoms with Crippen molar-refractivity contribution in [3.8, 4) is 0 Å². The van der Waals surface area contributed by atoms with Gasteiger partial charge in [-0.05, 0) is 19.1 Å². The molecule has 76 valence electrons. The minimum Gasteiger partial charge on any atom is -0.320 e. The first-order valence-electron chi connectivity index (χ1n) is 4.54. The summed E-state index contributed by atoms with van der Waals surface area (Å²) in [6.07, 6.45) is 0. The summed E-state index contributed by atoms with van der Waals surface area (Å²) in [4.78, 5) is 15.8. The third-order valence-corrected chi connectivity index (χ3v) is 2.80. The second-order valence-corrected chi connectivity index (χ2v) is 3.97. The van der Waals surface area contributed by atoms with Crippen molar-refractivity contribution in [1.29, 1.82) is 0 Å². The fourth-order valence-electron chi connectivity index (χ4n) is 1.16. The molecule has 1 N–H and O–H groups in total. The van der Waals surface area contributed by atoms with Crippen molar-refractivity contribution in [2.45, 2.75) is 6.92 Å². The second-order valence-electron chi connectivity index (χ2n) is 3.11. The van der Waals surface area contributed by atoms with Crippen molar-refractivity contribution >= 4 is 22.9 Å². The summed E-state index contributed by atoms with van der Waals surface area (Å²) < 4.78 is 0. The van der Waals surface area contributed by atoms with Crippen LogP contribution in [0.2, 0.25) is 0 Å². The molecular weight excluding hydrogens is 208 g/mol. The Morgan fingerprint density at radius 1 is 1.33 bits per heavy atom. The molecule has 2 aromatic rings. The molecule has 0 aliphatic carbocycles. The van der Waals surface area contributed by atoms with Crippen molar-refractivity contribution in [3.05, 3.63) is 46.4 Å². The summed E-state index contributed by atoms with van der Waals surface area (Å²) >= 11 is 1.35. The van der Waals surface area contributed by atoms with Gasteiger partial charge in [0.25, 0.3) is 5.91 Å². The highest BCUT2D eigenvalue weighted by Crippen LogP contribution is 2.12. The zero-order chi connectivity index (χ0) is 10.7. The third-order valence-electron chi connectivity index (χ3n) is 1.84. The monoisotopic (exact) mass is 218 g/mol. The summed E-state index contributed by atoms with van der Waals surface area (Å²) in [5.41, 5.74) is 1.66. The Labute approximate surface area is 91.8 Å². The van der Waals surface area contributed by atoms with Gasteiger partial charge in [-0.1, -0.05) is 18.2 Å². The summed E-state index contributed by atoms with van der Waals surface area (Å²) in [5, 5.41) is 5.14. The van der Waals surface area contributed by atoms with Gasteiger partial charge in [-0.15, -0.1) is 11.3 Å². The van der Waals surface area contributed by atoms with Gasteiger partial charge in [-0.25, -0.2) is 4.98 Å². The summed E-state index contributed by atoms with van der Waals surface area (Å²) in [7, 11) is 0. The maximum atomic E-state index is 11.7. The topological polar surface area (TPSA) is 42.0 Å². The first-order chi connectivity index (χ1) is 7.25. The van der Waals surface area contributed by atoms with E-state index in [4.69, 9.17) is 0 Å². The van der Waals surface area contributed by atoms with Crippen LogP contribution in [0.15, 0.2) is 35.7 Å². The van der Waals surface area contributed by atoms with Crippen LogP contribution in [0, 0.1) is 6.92 Å². The van der Waals surface area contributed by atoms with Crippen LogP contribution in [0.25, 0.3) is 0 Å². The molecule has 1 aromatic heterocycles. The molecule has 0 spiro atoms. The molecule has 1 aromatic carbocycles. The zero-order valence-electron chi connectivity index (χ0n) is 8.23. The van der Waals surface area contributed by atoms with Gasteiger partial charge in [0, 0.05) is 16.8 Å². The van der Waals surface area contributed by atoms with E-state index in [2.05, 4.69) is 10.3 Å². The quantitative estimate of drug-likeness (QED) is 0.842. The Morgan fingerprint density at radius 3 is 2.67 bits per heavy atom. The highest BCUT2D eigenvalue weighted by molar-refractivity contribution is 7.11. The molecule has 0 saturated heterocycles. The fraction of sp³-hybridized carbons (Fsp3) is 0.0909. The van der Waals surface area contributed by atoms with Crippen LogP contribution in [0.4, 0.5) is 5.69 Å². The lowest BCUT2D eigenvalue weighted by atomic mass is 10.3. The van der Waals surface area contributed by atoms with Gasteiger partial charge in [0.2, 0.25) is 0 Å². The Morgan fingerprint density at radius 2 is 2.07 bits per heavy atom. The van der Waals surface area contributed by atoms with E-state index in [9.17, 15) is 4.79 Å². The fourth-order valence-corrected chi connectivity index (χ4v) is 1.85. The third kappa shape index (κ3) is 2.41. The number of nitrogens with zero attached hydrogens (tertiary/aromatic N) is 1. The SMILES string of the molecule is Cc1csc(C(=O)Nc2ccccc2)n1. The van der Waals surface area contributed by atoms with Gasteiger partial charge in [0.05, 0.1) is 0 Å². The molecule has 0 aliphatic heterocycles. The molecule has 0 radical (unpaired) electrons. The lowest BCUT2D eigenvalue weighted by Gasteiger charge is -2.01. The molecule has 0 atom stereocenters. The van der Waals surface area contributed by atoms with E-state index in [-0.39, 0.29) is 5.91 Å². The van der Waals surface area contributed by atoms with Crippen LogP contribution in [0.3, 0.4) is 0 Å². The van der Waals surface area contributed by atoms with Crippen molar-refractivity contribution in [1.82, 2.24) is 4.98 Å². The molecule has 1 amide bonds. The highest BCUT2D eigenvalue weighted by Gasteiger charge is 2.09. The Kier molecular flexibility index (Phi) is 2.78. The van der Waals surface area contributed by atoms with Crippen molar-refractivity contribution in [3.63, 3.8) is 0 Å². The number of carbonyl (C=O) groups is 1. The first-order valence-corrected chi connectivity index (χ1v) is 5.42. The van der Waals surface area contributed by atoms with Gasteiger partial charge in [0.15, 0.2) is 5.01 Å². The van der Waals surface area contributed by atoms with Crippen LogP contribution >= 0.6 is 11.3 Å². The van der Waals surface area contributed by atoms with Gasteiger partial charge in [0.1, 0.15) is 0 Å². The van der Waals surface area contributed by atoms with Gasteiger partial charge < -0.3 is 5.32 Å². The standard InChI is InChI=1S/C11H10N2OS/c1-8-7-15-11(12-8)10(14)13-9-5-3-2-4-6-9/h2-7H,1H3,(H,13,14). The predicted molar refractivity (Wildman–Crippen MR) is 61.2 cm³/mol. The maximum Gasteiger partial charge on any atom is 0.284 e. The Hall–Kier alpha value is -1.68. The number of aromatic nitrogens is 1. The van der Waals surface area contributed by atoms with E-state index in [1.165, 1.54) is 11.3 Å². The molecule has 3 nitrogen and oxygen atoms in total. The molecule has 1 heterocycles. The number of hydrogen-bond donors (Lipinski definition) is 1. The van der Waals surface area contributed by atoms with Crippen LogP contribution in [0.5, 0.6) is 0 Å². The minimum atomic E-state index is -0.153. The van der Waals surface area contributed by atoms with E-state index >= 15 is 0 Å². The summed E-state index contributed by atoms with van der Waals surface area (Å²) in [5.74, 6) is -0.153. The van der Waals surface area contributed by atoms with E-state index < -0.39 is 0 Å². The molecule has 4 heteroatoms. The molecular formula is C11H10N2OS. The number of nitrogens with one attached hydrogen (secondary N) is 1. The van der Waals surface area contributed by atoms with E-state index in [1.54, 1.807) is 0 Å². The van der Waals surface area contributed by atoms with Gasteiger partial charge in [-0.2, -0.15) is 0 Å². The first kappa shape index (κ1) is 9.86. The number of carbonyl (C=O) groups excluding carboxylic acids is 1. The highest BCUT2D eigenvalue weighted by atomic mass is 32.1. The summed E-state index contributed by atoms with van der Waals surface area (Å²) in [6, 6.07) is 9.35. The zero-order valence-corrected chi connectivity index (χ0v) is 9.04. The lowest BCUT2D eigenvalue weighted by molar-refractivity contribution is 0.102. The van der Waals surface area contributed by atoms with Crippen molar-refractivity contribution in [2.75, 3.05) is 5.32 Å². The Bertz CT molecular complexity index is 464. The lowest BCUT2D eigenvalue weighted by Crippen LogP contribution is -2.11. The molecule has 0 saturated carbocycles. The average Bonchev–Trinajstić information content (AvgIpc) is 2.66. The number of hydrogen-bond acceptors (Lipinski definition) is 3. The molecule has 15 heavy (non-hydrogen) atoms. The molecule has 0 unspecified atom stereocenters. The number of rotatable bonds is 2. The predicted octanol–water partition coefficient (Wildman–Crippen LogP) is 2.70. The van der Waals surface area contributed by atoms with Gasteiger partial charge >= 0.3 is 0 Å². The van der Waals surface area contributed by atoms with Crippen molar-refractivity contribution < 1.29 is 4.79 Å². The Balaban J connectivity index is 2.11. The van der Waals surface area contributed by atoms with Crippen LogP contribution in [0.1, 0.15) is 15.5 Å². The largest absolute Gasteiger partial charge is 0.320 e. The summed E-state index contributed by atoms with van der Waals surface area (Å²) in [6.45, 7) is 1.87. The second kappa shape index (κ2) is 4.23. The number of para-hydroxylation sites is 1. The molecule has 2 rings (SSSR count). The van der Waals surface area contributed by atoms with Gasteiger partial charge in [-0.3, -0.25) is 4.79 Å². The number of anilines is 1. The number of thiazole rings is 1. The average molecular weight is 218 g/mol. The number of amides is 1. The number of benzene rings is 1. The molecule has 0 fully saturated rings. The van der Waals surface area contributed by atoms with E-state index in [0.29, 0.717) is 5.01 Å². The van der Waals surface area contributed by atoms with E-state index in [1.807, 2.05) is 42.6 Å². The van der Waals surface area contributed by atoms with Crippen LogP contribution in [-0.2, 0) is 0 Å². The smallest absolute Gasteiger partial charge is 0.284 e. The van der Waals surface area contributed by atoms with Crippen LogP contribution < -0.4 is 5.32 Å². The molecule has 0 bridgehead atoms. The minimum absolute atomic E-state index is 0.153. The van der Waals surface area contributed by atoms with Crippen molar-refractivity contribution in [2.24, 2.45) is 0 Å². The molecule has 0 aliphatic rings. The normalized spacial score (nSPS) is 9.93. The van der Waals surface area contributed by atoms with Crippen LogP contribution in [-0.4, -0.2) is 10.9 Å².